The van der Waals surface area contributed by atoms with Crippen molar-refractivity contribution in [1.82, 2.24) is 0 Å². The van der Waals surface area contributed by atoms with Crippen LogP contribution in [0.3, 0.4) is 0 Å². The predicted molar refractivity (Wildman–Crippen MR) is 103 cm³/mol. The minimum absolute atomic E-state index is 0.0665. The molecule has 30 heavy (non-hydrogen) atoms. The molecule has 0 amide bonds. The summed E-state index contributed by atoms with van der Waals surface area (Å²) in [6, 6.07) is 6.78. The van der Waals surface area contributed by atoms with Crippen LogP contribution in [0, 0.1) is 29.1 Å². The summed E-state index contributed by atoms with van der Waals surface area (Å²) in [5.74, 6) is -9.88. The van der Waals surface area contributed by atoms with Gasteiger partial charge in [0, 0.05) is 0 Å². The Morgan fingerprint density at radius 2 is 1.23 bits per heavy atom. The van der Waals surface area contributed by atoms with E-state index in [-0.39, 0.29) is 5.57 Å². The van der Waals surface area contributed by atoms with E-state index in [0.717, 1.165) is 5.56 Å². The van der Waals surface area contributed by atoms with Gasteiger partial charge in [-0.2, -0.15) is 0 Å². The second-order valence-corrected chi connectivity index (χ2v) is 8.59. The van der Waals surface area contributed by atoms with Gasteiger partial charge in [-0.05, 0) is 62.7 Å². The van der Waals surface area contributed by atoms with Crippen molar-refractivity contribution in [2.45, 2.75) is 51.7 Å². The zero-order chi connectivity index (χ0) is 22.0. The standard InChI is InChI=1S/C22H20BF5O2/c1-21(2)22(3,4)30-23(29-21)13-10-9-11-7-5-6-8-12(11)14(13)15-16(24)18(26)20(28)19(27)17(15)25/h5-8H,9-10H2,1-4H3. The molecule has 0 unspecified atom stereocenters. The van der Waals surface area contributed by atoms with Crippen molar-refractivity contribution in [2.75, 3.05) is 0 Å². The van der Waals surface area contributed by atoms with E-state index in [1.54, 1.807) is 24.3 Å². The summed E-state index contributed by atoms with van der Waals surface area (Å²) in [4.78, 5) is 0. The Morgan fingerprint density at radius 1 is 0.733 bits per heavy atom. The molecule has 0 N–H and O–H groups in total. The molecule has 2 aromatic rings. The lowest BCUT2D eigenvalue weighted by atomic mass is 9.66. The van der Waals surface area contributed by atoms with E-state index in [1.807, 2.05) is 27.7 Å². The third kappa shape index (κ3) is 3.00. The van der Waals surface area contributed by atoms with Crippen LogP contribution in [0.4, 0.5) is 22.0 Å². The summed E-state index contributed by atoms with van der Waals surface area (Å²) in [5.41, 5.74) is -0.984. The number of rotatable bonds is 2. The first-order chi connectivity index (χ1) is 14.0. The van der Waals surface area contributed by atoms with Gasteiger partial charge < -0.3 is 9.31 Å². The van der Waals surface area contributed by atoms with Crippen LogP contribution in [0.15, 0.2) is 29.7 Å². The topological polar surface area (TPSA) is 18.5 Å². The fourth-order valence-electron chi connectivity index (χ4n) is 3.89. The van der Waals surface area contributed by atoms with Gasteiger partial charge in [-0.3, -0.25) is 0 Å². The van der Waals surface area contributed by atoms with E-state index in [2.05, 4.69) is 0 Å². The van der Waals surface area contributed by atoms with Crippen LogP contribution in [-0.2, 0) is 15.7 Å². The number of halogens is 5. The van der Waals surface area contributed by atoms with Gasteiger partial charge in [0.1, 0.15) is 0 Å². The summed E-state index contributed by atoms with van der Waals surface area (Å²) in [5, 5.41) is 0. The van der Waals surface area contributed by atoms with Crippen molar-refractivity contribution < 1.29 is 31.3 Å². The molecule has 1 saturated heterocycles. The molecular weight excluding hydrogens is 402 g/mol. The van der Waals surface area contributed by atoms with Gasteiger partial charge >= 0.3 is 7.12 Å². The predicted octanol–water partition coefficient (Wildman–Crippen LogP) is 5.76. The molecule has 0 aromatic heterocycles. The first-order valence-corrected chi connectivity index (χ1v) is 9.65. The van der Waals surface area contributed by atoms with Crippen LogP contribution >= 0.6 is 0 Å². The van der Waals surface area contributed by atoms with Crippen molar-refractivity contribution in [3.05, 3.63) is 75.5 Å². The average molecular weight is 422 g/mol. The summed E-state index contributed by atoms with van der Waals surface area (Å²) in [6.45, 7) is 7.29. The second kappa shape index (κ2) is 6.92. The Balaban J connectivity index is 2.02. The normalized spacial score (nSPS) is 20.0. The molecule has 8 heteroatoms. The SMILES string of the molecule is CC1(C)OB(C2=C(c3c(F)c(F)c(F)c(F)c3F)c3ccccc3CC2)OC1(C)C. The second-order valence-electron chi connectivity index (χ2n) is 8.59. The Hall–Kier alpha value is -2.19. The largest absolute Gasteiger partial charge is 0.491 e. The van der Waals surface area contributed by atoms with E-state index in [1.165, 1.54) is 0 Å². The number of hydrogen-bond acceptors (Lipinski definition) is 2. The maximum atomic E-state index is 14.8. The van der Waals surface area contributed by atoms with Crippen LogP contribution < -0.4 is 0 Å². The van der Waals surface area contributed by atoms with Gasteiger partial charge in [-0.25, -0.2) is 22.0 Å². The van der Waals surface area contributed by atoms with E-state index >= 15 is 0 Å². The molecule has 0 radical (unpaired) electrons. The van der Waals surface area contributed by atoms with E-state index in [9.17, 15) is 22.0 Å². The van der Waals surface area contributed by atoms with Crippen LogP contribution in [0.1, 0.15) is 50.8 Å². The number of allylic oxidation sites excluding steroid dienone is 1. The monoisotopic (exact) mass is 422 g/mol. The summed E-state index contributed by atoms with van der Waals surface area (Å²) >= 11 is 0. The third-order valence-electron chi connectivity index (χ3n) is 6.27. The first kappa shape index (κ1) is 21.1. The lowest BCUT2D eigenvalue weighted by Gasteiger charge is -2.32. The zero-order valence-corrected chi connectivity index (χ0v) is 17.0. The van der Waals surface area contributed by atoms with Crippen molar-refractivity contribution in [3.8, 4) is 0 Å². The van der Waals surface area contributed by atoms with Crippen LogP contribution in [0.25, 0.3) is 5.57 Å². The van der Waals surface area contributed by atoms with Crippen molar-refractivity contribution in [2.24, 2.45) is 0 Å². The molecule has 0 saturated carbocycles. The Bertz CT molecular complexity index is 1030. The van der Waals surface area contributed by atoms with Gasteiger partial charge in [0.15, 0.2) is 23.3 Å². The maximum Gasteiger partial charge on any atom is 0.491 e. The van der Waals surface area contributed by atoms with Gasteiger partial charge in [0.25, 0.3) is 0 Å². The molecule has 2 nitrogen and oxygen atoms in total. The number of hydrogen-bond donors (Lipinski definition) is 0. The van der Waals surface area contributed by atoms with Crippen LogP contribution in [0.5, 0.6) is 0 Å². The fourth-order valence-corrected chi connectivity index (χ4v) is 3.89. The molecule has 0 spiro atoms. The Morgan fingerprint density at radius 3 is 1.80 bits per heavy atom. The number of aryl methyl sites for hydroxylation is 1. The fraction of sp³-hybridized carbons (Fsp3) is 0.364. The van der Waals surface area contributed by atoms with E-state index in [4.69, 9.17) is 9.31 Å². The summed E-state index contributed by atoms with van der Waals surface area (Å²) in [7, 11) is -0.978. The summed E-state index contributed by atoms with van der Waals surface area (Å²) < 4.78 is 83.5. The molecule has 2 aliphatic rings. The lowest BCUT2D eigenvalue weighted by Crippen LogP contribution is -2.41. The average Bonchev–Trinajstić information content (AvgIpc) is 2.92. The van der Waals surface area contributed by atoms with Crippen molar-refractivity contribution >= 4 is 12.7 Å². The van der Waals surface area contributed by atoms with Gasteiger partial charge in [0.05, 0.1) is 16.8 Å². The minimum Gasteiger partial charge on any atom is -0.400 e. The van der Waals surface area contributed by atoms with Crippen molar-refractivity contribution in [1.29, 1.82) is 0 Å². The van der Waals surface area contributed by atoms with Crippen LogP contribution in [-0.4, -0.2) is 18.3 Å². The highest BCUT2D eigenvalue weighted by atomic mass is 19.2. The lowest BCUT2D eigenvalue weighted by molar-refractivity contribution is 0.00578. The molecule has 1 heterocycles. The molecule has 0 bridgehead atoms. The highest BCUT2D eigenvalue weighted by Gasteiger charge is 2.53. The van der Waals surface area contributed by atoms with Gasteiger partial charge in [0.2, 0.25) is 5.82 Å². The maximum absolute atomic E-state index is 14.8. The quantitative estimate of drug-likeness (QED) is 0.265. The number of benzene rings is 2. The number of fused-ring (bicyclic) bond motifs is 1. The van der Waals surface area contributed by atoms with Crippen LogP contribution in [0.2, 0.25) is 0 Å². The smallest absolute Gasteiger partial charge is 0.400 e. The van der Waals surface area contributed by atoms with E-state index < -0.39 is 53.0 Å². The molecule has 4 rings (SSSR count). The highest BCUT2D eigenvalue weighted by molar-refractivity contribution is 6.56. The molecule has 0 atom stereocenters. The third-order valence-corrected chi connectivity index (χ3v) is 6.27. The van der Waals surface area contributed by atoms with Gasteiger partial charge in [-0.1, -0.05) is 24.3 Å². The Labute approximate surface area is 171 Å². The molecule has 1 fully saturated rings. The molecular formula is C22H20BF5O2. The van der Waals surface area contributed by atoms with Crippen molar-refractivity contribution in [3.63, 3.8) is 0 Å². The molecule has 1 aliphatic carbocycles. The Kier molecular flexibility index (Phi) is 4.86. The highest BCUT2D eigenvalue weighted by Crippen LogP contribution is 2.45. The molecule has 2 aromatic carbocycles. The molecule has 158 valence electrons. The minimum atomic E-state index is -2.18. The first-order valence-electron chi connectivity index (χ1n) is 9.65. The summed E-state index contributed by atoms with van der Waals surface area (Å²) in [6.07, 6.45) is 0.817. The zero-order valence-electron chi connectivity index (χ0n) is 17.0. The van der Waals surface area contributed by atoms with Gasteiger partial charge in [-0.15, -0.1) is 0 Å². The molecule has 1 aliphatic heterocycles. The van der Waals surface area contributed by atoms with E-state index in [0.29, 0.717) is 23.9 Å².